The van der Waals surface area contributed by atoms with E-state index in [2.05, 4.69) is 15.9 Å². The summed E-state index contributed by atoms with van der Waals surface area (Å²) in [6, 6.07) is 19.7. The number of likely N-dealkylation sites (N-methyl/N-ethyl adjacent to an activating group) is 1. The minimum Gasteiger partial charge on any atom is -0.335 e. The second kappa shape index (κ2) is 11.0. The number of carbonyl (C=O) groups excluding carboxylic acids is 2. The molecule has 1 atom stereocenters. The summed E-state index contributed by atoms with van der Waals surface area (Å²) >= 11 is 3.37. The molecule has 0 aliphatic heterocycles. The maximum absolute atomic E-state index is 13.8. The van der Waals surface area contributed by atoms with E-state index in [4.69, 9.17) is 0 Å². The van der Waals surface area contributed by atoms with Crippen molar-refractivity contribution in [3.63, 3.8) is 0 Å². The molecule has 3 aromatic rings. The van der Waals surface area contributed by atoms with Crippen LogP contribution in [0.15, 0.2) is 88.3 Å². The molecule has 0 saturated carbocycles. The Balaban J connectivity index is 2.02. The number of amides is 1. The quantitative estimate of drug-likeness (QED) is 0.336. The van der Waals surface area contributed by atoms with Gasteiger partial charge in [0.15, 0.2) is 11.8 Å². The number of carbonyl (C=O) groups is 2. The molecular weight excluding hydrogens is 470 g/mol. The Morgan fingerprint density at radius 3 is 2.19 bits per heavy atom. The second-order valence-electron chi connectivity index (χ2n) is 7.77. The Morgan fingerprint density at radius 1 is 0.906 bits per heavy atom. The SMILES string of the molecule is CN(C)CCN(Cc1ccccc1)C(=O)[C@@H](C(=O)c1ccc(Br)cc1)n1ccccc1=O. The maximum Gasteiger partial charge on any atom is 0.254 e. The number of halogens is 1. The molecule has 6 nitrogen and oxygen atoms in total. The fourth-order valence-corrected chi connectivity index (χ4v) is 3.61. The highest BCUT2D eigenvalue weighted by atomic mass is 79.9. The average molecular weight is 496 g/mol. The van der Waals surface area contributed by atoms with E-state index in [1.165, 1.54) is 16.8 Å². The zero-order chi connectivity index (χ0) is 23.1. The predicted molar refractivity (Wildman–Crippen MR) is 129 cm³/mol. The molecule has 0 aliphatic carbocycles. The van der Waals surface area contributed by atoms with Crippen LogP contribution in [-0.4, -0.2) is 53.2 Å². The van der Waals surface area contributed by atoms with Crippen LogP contribution < -0.4 is 5.56 Å². The van der Waals surface area contributed by atoms with Crippen LogP contribution in [0.4, 0.5) is 0 Å². The van der Waals surface area contributed by atoms with E-state index in [-0.39, 0.29) is 0 Å². The Morgan fingerprint density at radius 2 is 1.56 bits per heavy atom. The van der Waals surface area contributed by atoms with E-state index >= 15 is 0 Å². The lowest BCUT2D eigenvalue weighted by molar-refractivity contribution is -0.134. The maximum atomic E-state index is 13.8. The zero-order valence-corrected chi connectivity index (χ0v) is 19.7. The van der Waals surface area contributed by atoms with Gasteiger partial charge < -0.3 is 9.80 Å². The number of aromatic nitrogens is 1. The third kappa shape index (κ3) is 6.02. The molecule has 0 spiro atoms. The average Bonchev–Trinajstić information content (AvgIpc) is 2.79. The Bertz CT molecular complexity index is 1110. The first-order valence-electron chi connectivity index (χ1n) is 10.3. The van der Waals surface area contributed by atoms with Gasteiger partial charge in [-0.25, -0.2) is 0 Å². The molecule has 3 rings (SSSR count). The van der Waals surface area contributed by atoms with Crippen LogP contribution >= 0.6 is 15.9 Å². The largest absolute Gasteiger partial charge is 0.335 e. The van der Waals surface area contributed by atoms with E-state index in [9.17, 15) is 14.4 Å². The van der Waals surface area contributed by atoms with Gasteiger partial charge in [0.2, 0.25) is 0 Å². The first-order chi connectivity index (χ1) is 15.4. The molecule has 0 radical (unpaired) electrons. The standard InChI is InChI=1S/C25H26BrN3O3/c1-27(2)16-17-28(18-19-8-4-3-5-9-19)25(32)23(29-15-7-6-10-22(29)30)24(31)20-11-13-21(26)14-12-20/h3-15,23H,16-18H2,1-2H3/t23-/m1/s1. The van der Waals surface area contributed by atoms with Crippen molar-refractivity contribution in [3.8, 4) is 0 Å². The lowest BCUT2D eigenvalue weighted by Crippen LogP contribution is -2.45. The highest BCUT2D eigenvalue weighted by molar-refractivity contribution is 9.10. The second-order valence-corrected chi connectivity index (χ2v) is 8.68. The molecule has 2 aromatic carbocycles. The molecule has 0 aliphatic rings. The number of ketones is 1. The van der Waals surface area contributed by atoms with Gasteiger partial charge in [0.1, 0.15) is 0 Å². The molecule has 7 heteroatoms. The van der Waals surface area contributed by atoms with Gasteiger partial charge in [-0.3, -0.25) is 19.0 Å². The summed E-state index contributed by atoms with van der Waals surface area (Å²) in [4.78, 5) is 43.6. The van der Waals surface area contributed by atoms with Gasteiger partial charge in [-0.15, -0.1) is 0 Å². The molecule has 1 aromatic heterocycles. The number of pyridine rings is 1. The number of Topliss-reactive ketones (excluding diaryl/α,β-unsaturated/α-hetero) is 1. The van der Waals surface area contributed by atoms with E-state index in [1.54, 1.807) is 41.3 Å². The van der Waals surface area contributed by atoms with Crippen molar-refractivity contribution in [2.45, 2.75) is 12.6 Å². The van der Waals surface area contributed by atoms with Gasteiger partial charge in [0.25, 0.3) is 11.5 Å². The fraction of sp³-hybridized carbons (Fsp3) is 0.240. The highest BCUT2D eigenvalue weighted by Crippen LogP contribution is 2.20. The van der Waals surface area contributed by atoms with E-state index in [0.29, 0.717) is 25.2 Å². The van der Waals surface area contributed by atoms with Crippen LogP contribution in [0, 0.1) is 0 Å². The smallest absolute Gasteiger partial charge is 0.254 e. The summed E-state index contributed by atoms with van der Waals surface area (Å²) in [7, 11) is 3.86. The van der Waals surface area contributed by atoms with E-state index < -0.39 is 23.3 Å². The number of benzene rings is 2. The van der Waals surface area contributed by atoms with Crippen LogP contribution in [0.1, 0.15) is 22.0 Å². The zero-order valence-electron chi connectivity index (χ0n) is 18.1. The van der Waals surface area contributed by atoms with Crippen molar-refractivity contribution in [2.75, 3.05) is 27.2 Å². The first-order valence-corrected chi connectivity index (χ1v) is 11.1. The van der Waals surface area contributed by atoms with Crippen LogP contribution in [0.2, 0.25) is 0 Å². The molecular formula is C25H26BrN3O3. The molecule has 32 heavy (non-hydrogen) atoms. The Labute approximate surface area is 196 Å². The summed E-state index contributed by atoms with van der Waals surface area (Å²) in [5, 5.41) is 0. The predicted octanol–water partition coefficient (Wildman–Crippen LogP) is 3.63. The summed E-state index contributed by atoms with van der Waals surface area (Å²) < 4.78 is 2.05. The van der Waals surface area contributed by atoms with E-state index in [0.717, 1.165) is 10.0 Å². The lowest BCUT2D eigenvalue weighted by Gasteiger charge is -2.29. The van der Waals surface area contributed by atoms with Crippen LogP contribution in [0.3, 0.4) is 0 Å². The van der Waals surface area contributed by atoms with Gasteiger partial charge in [-0.05, 0) is 37.9 Å². The third-order valence-corrected chi connectivity index (χ3v) is 5.61. The van der Waals surface area contributed by atoms with E-state index in [1.807, 2.05) is 49.3 Å². The molecule has 1 heterocycles. The molecule has 0 saturated heterocycles. The molecule has 0 fully saturated rings. The van der Waals surface area contributed by atoms with Gasteiger partial charge >= 0.3 is 0 Å². The fourth-order valence-electron chi connectivity index (χ4n) is 3.35. The van der Waals surface area contributed by atoms with Gasteiger partial charge in [0.05, 0.1) is 0 Å². The molecule has 166 valence electrons. The van der Waals surface area contributed by atoms with Crippen molar-refractivity contribution in [1.29, 1.82) is 0 Å². The molecule has 1 amide bonds. The Hall–Kier alpha value is -3.03. The minimum absolute atomic E-state index is 0.346. The summed E-state index contributed by atoms with van der Waals surface area (Å²) in [5.74, 6) is -0.823. The van der Waals surface area contributed by atoms with Crippen LogP contribution in [-0.2, 0) is 11.3 Å². The molecule has 0 unspecified atom stereocenters. The van der Waals surface area contributed by atoms with Crippen LogP contribution in [0.5, 0.6) is 0 Å². The summed E-state index contributed by atoms with van der Waals surface area (Å²) in [6.45, 7) is 1.40. The monoisotopic (exact) mass is 495 g/mol. The molecule has 0 N–H and O–H groups in total. The van der Waals surface area contributed by atoms with Crippen LogP contribution in [0.25, 0.3) is 0 Å². The first kappa shape index (κ1) is 23.6. The molecule has 0 bridgehead atoms. The number of hydrogen-bond acceptors (Lipinski definition) is 4. The Kier molecular flexibility index (Phi) is 8.14. The van der Waals surface area contributed by atoms with Gasteiger partial charge in [-0.1, -0.05) is 64.5 Å². The normalized spacial score (nSPS) is 11.9. The van der Waals surface area contributed by atoms with Gasteiger partial charge in [-0.2, -0.15) is 0 Å². The van der Waals surface area contributed by atoms with Gasteiger partial charge in [0, 0.05) is 41.9 Å². The summed E-state index contributed by atoms with van der Waals surface area (Å²) in [6.07, 6.45) is 1.49. The highest BCUT2D eigenvalue weighted by Gasteiger charge is 2.33. The minimum atomic E-state index is -1.28. The number of nitrogens with zero attached hydrogens (tertiary/aromatic N) is 3. The number of hydrogen-bond donors (Lipinski definition) is 0. The van der Waals surface area contributed by atoms with Crippen molar-refractivity contribution < 1.29 is 9.59 Å². The van der Waals surface area contributed by atoms with Crippen molar-refractivity contribution >= 4 is 27.6 Å². The van der Waals surface area contributed by atoms with Crippen molar-refractivity contribution in [1.82, 2.24) is 14.4 Å². The third-order valence-electron chi connectivity index (χ3n) is 5.09. The topological polar surface area (TPSA) is 62.6 Å². The van der Waals surface area contributed by atoms with Crippen molar-refractivity contribution in [2.24, 2.45) is 0 Å². The van der Waals surface area contributed by atoms with Crippen molar-refractivity contribution in [3.05, 3.63) is 105 Å². The number of rotatable bonds is 9. The summed E-state index contributed by atoms with van der Waals surface area (Å²) in [5.41, 5.74) is 0.924. The lowest BCUT2D eigenvalue weighted by atomic mass is 10.0.